The van der Waals surface area contributed by atoms with Crippen LogP contribution in [0.4, 0.5) is 0 Å². The summed E-state index contributed by atoms with van der Waals surface area (Å²) in [7, 11) is -3.62. The third-order valence-corrected chi connectivity index (χ3v) is 7.47. The highest BCUT2D eigenvalue weighted by Gasteiger charge is 2.31. The summed E-state index contributed by atoms with van der Waals surface area (Å²) >= 11 is 0. The summed E-state index contributed by atoms with van der Waals surface area (Å²) in [5, 5.41) is 2.96. The molecule has 2 atom stereocenters. The zero-order valence-corrected chi connectivity index (χ0v) is 19.4. The van der Waals surface area contributed by atoms with Crippen LogP contribution < -0.4 is 10.0 Å². The van der Waals surface area contributed by atoms with E-state index < -0.39 is 16.1 Å². The van der Waals surface area contributed by atoms with Gasteiger partial charge in [0.15, 0.2) is 0 Å². The van der Waals surface area contributed by atoms with Crippen LogP contribution in [0.15, 0.2) is 58.4 Å². The van der Waals surface area contributed by atoms with Crippen molar-refractivity contribution >= 4 is 21.8 Å². The molecule has 1 unspecified atom stereocenters. The Bertz CT molecular complexity index is 1130. The molecule has 2 aliphatic heterocycles. The van der Waals surface area contributed by atoms with E-state index in [0.717, 1.165) is 25.2 Å². The molecular formula is C24H30N4O3S. The Morgan fingerprint density at radius 3 is 2.69 bits per heavy atom. The van der Waals surface area contributed by atoms with Gasteiger partial charge in [0.2, 0.25) is 5.91 Å². The maximum atomic E-state index is 12.7. The molecule has 2 N–H and O–H groups in total. The molecule has 7 nitrogen and oxygen atoms in total. The first kappa shape index (κ1) is 22.5. The quantitative estimate of drug-likeness (QED) is 0.702. The molecule has 0 aliphatic carbocycles. The number of nitrogens with zero attached hydrogens (tertiary/aromatic N) is 2. The molecule has 1 fully saturated rings. The van der Waals surface area contributed by atoms with Crippen molar-refractivity contribution in [3.8, 4) is 0 Å². The maximum Gasteiger partial charge on any atom is 0.263 e. The van der Waals surface area contributed by atoms with Crippen LogP contribution >= 0.6 is 0 Å². The third-order valence-electron chi connectivity index (χ3n) is 6.07. The Balaban J connectivity index is 1.41. The number of amides is 1. The Morgan fingerprint density at radius 2 is 1.91 bits per heavy atom. The lowest BCUT2D eigenvalue weighted by atomic mass is 9.99. The predicted molar refractivity (Wildman–Crippen MR) is 125 cm³/mol. The molecule has 0 radical (unpaired) electrons. The van der Waals surface area contributed by atoms with E-state index in [-0.39, 0.29) is 16.6 Å². The average Bonchev–Trinajstić information content (AvgIpc) is 3.03. The molecule has 0 bridgehead atoms. The largest absolute Gasteiger partial charge is 0.350 e. The number of sulfonamides is 1. The van der Waals surface area contributed by atoms with Crippen molar-refractivity contribution in [2.45, 2.75) is 50.7 Å². The maximum absolute atomic E-state index is 12.7. The Kier molecular flexibility index (Phi) is 6.62. The van der Waals surface area contributed by atoms with Crippen molar-refractivity contribution in [1.82, 2.24) is 14.9 Å². The lowest BCUT2D eigenvalue weighted by Crippen LogP contribution is -2.35. The molecule has 1 amide bonds. The normalized spacial score (nSPS) is 22.2. The highest BCUT2D eigenvalue weighted by molar-refractivity contribution is 7.90. The molecule has 2 aromatic rings. The van der Waals surface area contributed by atoms with Gasteiger partial charge in [0, 0.05) is 25.2 Å². The van der Waals surface area contributed by atoms with Crippen LogP contribution in [-0.2, 0) is 27.9 Å². The van der Waals surface area contributed by atoms with Crippen molar-refractivity contribution < 1.29 is 13.2 Å². The topological polar surface area (TPSA) is 90.9 Å². The lowest BCUT2D eigenvalue weighted by molar-refractivity contribution is -0.122. The fourth-order valence-electron chi connectivity index (χ4n) is 4.37. The molecule has 0 aromatic heterocycles. The highest BCUT2D eigenvalue weighted by atomic mass is 32.2. The second-order valence-corrected chi connectivity index (χ2v) is 10.4. The number of nitrogens with one attached hydrogen (secondary N) is 2. The molecule has 0 spiro atoms. The number of fused-ring (bicyclic) bond motifs is 1. The summed E-state index contributed by atoms with van der Waals surface area (Å²) < 4.78 is 27.0. The summed E-state index contributed by atoms with van der Waals surface area (Å²) in [6, 6.07) is 14.1. The van der Waals surface area contributed by atoms with Gasteiger partial charge in [0.25, 0.3) is 10.0 Å². The summed E-state index contributed by atoms with van der Waals surface area (Å²) in [5.74, 6) is 0.680. The Labute approximate surface area is 190 Å². The van der Waals surface area contributed by atoms with Gasteiger partial charge < -0.3 is 5.32 Å². The minimum absolute atomic E-state index is 0.187. The van der Waals surface area contributed by atoms with Gasteiger partial charge in [0.1, 0.15) is 11.9 Å². The third kappa shape index (κ3) is 5.02. The SMILES string of the molecule is CC1CCCN(Cc2ccccc2CNC(=O)[C@H](C)N=C2NS(=O)(=O)c3ccccc32)C1. The van der Waals surface area contributed by atoms with Gasteiger partial charge in [-0.2, -0.15) is 0 Å². The van der Waals surface area contributed by atoms with Gasteiger partial charge in [-0.05, 0) is 55.5 Å². The predicted octanol–water partition coefficient (Wildman–Crippen LogP) is 2.66. The minimum Gasteiger partial charge on any atom is -0.350 e. The molecule has 32 heavy (non-hydrogen) atoms. The van der Waals surface area contributed by atoms with E-state index >= 15 is 0 Å². The molecule has 1 saturated heterocycles. The minimum atomic E-state index is -3.62. The number of likely N-dealkylation sites (tertiary alicyclic amines) is 1. The van der Waals surface area contributed by atoms with Crippen molar-refractivity contribution in [2.24, 2.45) is 10.9 Å². The molecule has 4 rings (SSSR count). The highest BCUT2D eigenvalue weighted by Crippen LogP contribution is 2.23. The van der Waals surface area contributed by atoms with Gasteiger partial charge >= 0.3 is 0 Å². The van der Waals surface area contributed by atoms with Crippen LogP contribution in [0.25, 0.3) is 0 Å². The zero-order valence-electron chi connectivity index (χ0n) is 18.5. The van der Waals surface area contributed by atoms with Crippen LogP contribution in [-0.4, -0.2) is 44.2 Å². The van der Waals surface area contributed by atoms with Crippen LogP contribution in [0.1, 0.15) is 43.4 Å². The van der Waals surface area contributed by atoms with E-state index in [1.807, 2.05) is 18.2 Å². The first-order valence-electron chi connectivity index (χ1n) is 11.1. The number of amidine groups is 1. The van der Waals surface area contributed by atoms with E-state index in [0.29, 0.717) is 18.0 Å². The molecule has 2 aromatic carbocycles. The Hall–Kier alpha value is -2.71. The van der Waals surface area contributed by atoms with Gasteiger partial charge in [-0.1, -0.05) is 43.3 Å². The lowest BCUT2D eigenvalue weighted by Gasteiger charge is -2.31. The number of benzene rings is 2. The number of carbonyl (C=O) groups excluding carboxylic acids is 1. The number of hydrogen-bond acceptors (Lipinski definition) is 5. The van der Waals surface area contributed by atoms with E-state index in [1.165, 1.54) is 24.5 Å². The van der Waals surface area contributed by atoms with Gasteiger partial charge in [-0.25, -0.2) is 8.42 Å². The van der Waals surface area contributed by atoms with E-state index in [9.17, 15) is 13.2 Å². The number of aliphatic imine (C=N–C) groups is 1. The fraction of sp³-hybridized carbons (Fsp3) is 0.417. The van der Waals surface area contributed by atoms with E-state index in [1.54, 1.807) is 25.1 Å². The molecule has 2 aliphatic rings. The molecule has 0 saturated carbocycles. The van der Waals surface area contributed by atoms with Crippen molar-refractivity contribution in [1.29, 1.82) is 0 Å². The van der Waals surface area contributed by atoms with Crippen molar-refractivity contribution in [3.05, 3.63) is 65.2 Å². The van der Waals surface area contributed by atoms with Crippen molar-refractivity contribution in [2.75, 3.05) is 13.1 Å². The number of carbonyl (C=O) groups is 1. The number of rotatable bonds is 6. The molecular weight excluding hydrogens is 424 g/mol. The van der Waals surface area contributed by atoms with Gasteiger partial charge in [-0.15, -0.1) is 0 Å². The van der Waals surface area contributed by atoms with Gasteiger partial charge in [-0.3, -0.25) is 19.4 Å². The number of hydrogen-bond donors (Lipinski definition) is 2. The zero-order chi connectivity index (χ0) is 22.7. The summed E-state index contributed by atoms with van der Waals surface area (Å²) in [5.41, 5.74) is 2.80. The first-order valence-corrected chi connectivity index (χ1v) is 12.6. The number of piperidine rings is 1. The van der Waals surface area contributed by atoms with Crippen LogP contribution in [0.5, 0.6) is 0 Å². The fourth-order valence-corrected chi connectivity index (χ4v) is 5.61. The molecule has 170 valence electrons. The molecule has 2 heterocycles. The monoisotopic (exact) mass is 454 g/mol. The Morgan fingerprint density at radius 1 is 1.19 bits per heavy atom. The first-order chi connectivity index (χ1) is 15.3. The standard InChI is InChI=1S/C24H30N4O3S/c1-17-8-7-13-28(15-17)16-20-10-4-3-9-19(20)14-25-24(29)18(2)26-23-21-11-5-6-12-22(21)32(30,31)27-23/h3-6,9-12,17-18H,7-8,13-16H2,1-2H3,(H,25,29)(H,26,27)/t17?,18-/m0/s1. The summed E-state index contributed by atoms with van der Waals surface area (Å²) in [6.45, 7) is 7.47. The smallest absolute Gasteiger partial charge is 0.263 e. The molecule has 8 heteroatoms. The average molecular weight is 455 g/mol. The van der Waals surface area contributed by atoms with E-state index in [4.69, 9.17) is 0 Å². The second-order valence-electron chi connectivity index (χ2n) is 8.72. The second kappa shape index (κ2) is 9.42. The summed E-state index contributed by atoms with van der Waals surface area (Å²) in [6.07, 6.45) is 2.51. The van der Waals surface area contributed by atoms with Gasteiger partial charge in [0.05, 0.1) is 4.90 Å². The van der Waals surface area contributed by atoms with Crippen LogP contribution in [0.2, 0.25) is 0 Å². The van der Waals surface area contributed by atoms with Crippen LogP contribution in [0, 0.1) is 5.92 Å². The van der Waals surface area contributed by atoms with Crippen LogP contribution in [0.3, 0.4) is 0 Å². The van der Waals surface area contributed by atoms with E-state index in [2.05, 4.69) is 32.9 Å². The van der Waals surface area contributed by atoms with Crippen molar-refractivity contribution in [3.63, 3.8) is 0 Å². The summed E-state index contributed by atoms with van der Waals surface area (Å²) in [4.78, 5) is 19.7.